The number of nitrogens with one attached hydrogen (secondary N) is 2. The Morgan fingerprint density at radius 1 is 1.11 bits per heavy atom. The monoisotopic (exact) mass is 401 g/mol. The largest absolute Gasteiger partial charge is 0.309 e. The molecule has 3 rings (SSSR count). The molecule has 11 heteroatoms. The molecule has 1 heterocycles. The van der Waals surface area contributed by atoms with Crippen LogP contribution in [0.15, 0.2) is 74.5 Å². The number of nitrogens with zero attached hydrogens (tertiary/aromatic N) is 3. The van der Waals surface area contributed by atoms with Gasteiger partial charge in [-0.1, -0.05) is 24.3 Å². The zero-order valence-electron chi connectivity index (χ0n) is 14.5. The van der Waals surface area contributed by atoms with Gasteiger partial charge < -0.3 is 5.32 Å². The Morgan fingerprint density at radius 2 is 1.82 bits per heavy atom. The van der Waals surface area contributed by atoms with Gasteiger partial charge in [-0.15, -0.1) is 5.11 Å². The number of hydrogen-bond donors (Lipinski definition) is 3. The van der Waals surface area contributed by atoms with Crippen molar-refractivity contribution >= 4 is 33.2 Å². The topological polar surface area (TPSA) is 146 Å². The summed E-state index contributed by atoms with van der Waals surface area (Å²) >= 11 is 0. The molecular formula is C17H15N5O5S. The number of para-hydroxylation sites is 1. The lowest BCUT2D eigenvalue weighted by Gasteiger charge is -2.01. The molecule has 0 aliphatic rings. The van der Waals surface area contributed by atoms with Gasteiger partial charge in [0.05, 0.1) is 16.3 Å². The number of amides is 1. The lowest BCUT2D eigenvalue weighted by molar-refractivity contribution is -0.114. The number of carbonyl (C=O) groups is 1. The summed E-state index contributed by atoms with van der Waals surface area (Å²) in [6.07, 6.45) is 0. The number of benzene rings is 2. The van der Waals surface area contributed by atoms with E-state index in [1.165, 1.54) is 29.8 Å². The van der Waals surface area contributed by atoms with Crippen LogP contribution in [0.3, 0.4) is 0 Å². The van der Waals surface area contributed by atoms with Gasteiger partial charge in [0.1, 0.15) is 0 Å². The van der Waals surface area contributed by atoms with Crippen LogP contribution in [0, 0.1) is 0 Å². The molecule has 0 radical (unpaired) electrons. The van der Waals surface area contributed by atoms with Crippen LogP contribution >= 0.6 is 0 Å². The van der Waals surface area contributed by atoms with Gasteiger partial charge in [0.2, 0.25) is 5.91 Å². The van der Waals surface area contributed by atoms with E-state index in [4.69, 9.17) is 4.55 Å². The summed E-state index contributed by atoms with van der Waals surface area (Å²) in [5.74, 6) is -0.387. The summed E-state index contributed by atoms with van der Waals surface area (Å²) in [7, 11) is -4.40. The van der Waals surface area contributed by atoms with Crippen LogP contribution in [0.5, 0.6) is 0 Å². The fraction of sp³-hybridized carbons (Fsp3) is 0.0588. The van der Waals surface area contributed by atoms with Crippen molar-refractivity contribution < 1.29 is 17.8 Å². The molecule has 0 fully saturated rings. The molecule has 0 atom stereocenters. The highest BCUT2D eigenvalue weighted by Gasteiger charge is 2.16. The first-order valence-electron chi connectivity index (χ1n) is 7.93. The number of carbonyl (C=O) groups excluding carboxylic acids is 1. The Kier molecular flexibility index (Phi) is 5.20. The molecule has 1 aromatic heterocycles. The highest BCUT2D eigenvalue weighted by atomic mass is 32.2. The SMILES string of the molecule is CC(=O)Nc1[nH]n(-c2ccccc2)c(=O)c1N=Nc1cccc(S(=O)(=O)O)c1. The smallest absolute Gasteiger partial charge is 0.301 e. The Morgan fingerprint density at radius 3 is 2.46 bits per heavy atom. The minimum Gasteiger partial charge on any atom is -0.309 e. The third-order valence-corrected chi connectivity index (χ3v) is 4.41. The van der Waals surface area contributed by atoms with E-state index in [1.54, 1.807) is 30.3 Å². The summed E-state index contributed by atoms with van der Waals surface area (Å²) in [5, 5.41) is 12.9. The quantitative estimate of drug-likeness (QED) is 0.444. The third kappa shape index (κ3) is 4.22. The molecular weight excluding hydrogens is 386 g/mol. The summed E-state index contributed by atoms with van der Waals surface area (Å²) < 4.78 is 32.8. The third-order valence-electron chi connectivity index (χ3n) is 3.56. The van der Waals surface area contributed by atoms with E-state index in [0.717, 1.165) is 6.07 Å². The highest BCUT2D eigenvalue weighted by Crippen LogP contribution is 2.24. The predicted molar refractivity (Wildman–Crippen MR) is 101 cm³/mol. The van der Waals surface area contributed by atoms with Crippen LogP contribution < -0.4 is 10.9 Å². The zero-order chi connectivity index (χ0) is 20.3. The van der Waals surface area contributed by atoms with Crippen molar-refractivity contribution in [1.29, 1.82) is 0 Å². The summed E-state index contributed by atoms with van der Waals surface area (Å²) in [6, 6.07) is 13.7. The van der Waals surface area contributed by atoms with Crippen molar-refractivity contribution in [1.82, 2.24) is 9.78 Å². The molecule has 0 bridgehead atoms. The van der Waals surface area contributed by atoms with E-state index in [-0.39, 0.29) is 22.1 Å². The van der Waals surface area contributed by atoms with Crippen molar-refractivity contribution in [2.24, 2.45) is 10.2 Å². The maximum Gasteiger partial charge on any atom is 0.301 e. The molecule has 0 saturated carbocycles. The van der Waals surface area contributed by atoms with Gasteiger partial charge in [0.15, 0.2) is 11.5 Å². The van der Waals surface area contributed by atoms with Crippen LogP contribution in [0.25, 0.3) is 5.69 Å². The predicted octanol–water partition coefficient (Wildman–Crippen LogP) is 2.79. The number of H-pyrrole nitrogens is 1. The Hall–Kier alpha value is -3.57. The number of hydrogen-bond acceptors (Lipinski definition) is 6. The van der Waals surface area contributed by atoms with Gasteiger partial charge in [-0.05, 0) is 30.3 Å². The highest BCUT2D eigenvalue weighted by molar-refractivity contribution is 7.85. The van der Waals surface area contributed by atoms with Crippen LogP contribution in [-0.2, 0) is 14.9 Å². The number of azo groups is 1. The second-order valence-corrected chi connectivity index (χ2v) is 7.09. The van der Waals surface area contributed by atoms with E-state index in [1.807, 2.05) is 0 Å². The normalized spacial score (nSPS) is 11.6. The van der Waals surface area contributed by atoms with E-state index in [2.05, 4.69) is 20.6 Å². The molecule has 3 aromatic rings. The number of rotatable bonds is 5. The first-order chi connectivity index (χ1) is 13.3. The van der Waals surface area contributed by atoms with E-state index < -0.39 is 21.6 Å². The molecule has 1 amide bonds. The van der Waals surface area contributed by atoms with Crippen LogP contribution in [-0.4, -0.2) is 28.7 Å². The van der Waals surface area contributed by atoms with Gasteiger partial charge in [0.25, 0.3) is 10.1 Å². The summed E-state index contributed by atoms with van der Waals surface area (Å²) in [6.45, 7) is 1.27. The van der Waals surface area contributed by atoms with Crippen LogP contribution in [0.4, 0.5) is 17.2 Å². The maximum atomic E-state index is 12.7. The Balaban J connectivity index is 2.06. The average Bonchev–Trinajstić information content (AvgIpc) is 2.95. The molecule has 0 unspecified atom stereocenters. The molecule has 0 aliphatic carbocycles. The molecule has 3 N–H and O–H groups in total. The van der Waals surface area contributed by atoms with Gasteiger partial charge in [-0.3, -0.25) is 19.2 Å². The molecule has 144 valence electrons. The van der Waals surface area contributed by atoms with Crippen molar-refractivity contribution in [3.63, 3.8) is 0 Å². The second kappa shape index (κ2) is 7.58. The first-order valence-corrected chi connectivity index (χ1v) is 9.37. The van der Waals surface area contributed by atoms with Crippen molar-refractivity contribution in [3.05, 3.63) is 65.0 Å². The minimum absolute atomic E-state index is 0.0380. The molecule has 28 heavy (non-hydrogen) atoms. The van der Waals surface area contributed by atoms with Crippen molar-refractivity contribution in [3.8, 4) is 5.69 Å². The van der Waals surface area contributed by atoms with Gasteiger partial charge in [-0.25, -0.2) is 4.68 Å². The van der Waals surface area contributed by atoms with Gasteiger partial charge >= 0.3 is 5.56 Å². The molecule has 0 spiro atoms. The molecule has 0 aliphatic heterocycles. The lowest BCUT2D eigenvalue weighted by Crippen LogP contribution is -2.13. The summed E-state index contributed by atoms with van der Waals surface area (Å²) in [5.41, 5.74) is -0.120. The molecule has 2 aromatic carbocycles. The fourth-order valence-electron chi connectivity index (χ4n) is 2.36. The molecule has 0 saturated heterocycles. The van der Waals surface area contributed by atoms with Gasteiger partial charge in [-0.2, -0.15) is 13.5 Å². The van der Waals surface area contributed by atoms with E-state index >= 15 is 0 Å². The zero-order valence-corrected chi connectivity index (χ0v) is 15.3. The Bertz CT molecular complexity index is 1210. The average molecular weight is 401 g/mol. The number of aromatic amines is 1. The first kappa shape index (κ1) is 19.2. The maximum absolute atomic E-state index is 12.7. The summed E-state index contributed by atoms with van der Waals surface area (Å²) in [4.78, 5) is 23.8. The van der Waals surface area contributed by atoms with Crippen molar-refractivity contribution in [2.75, 3.05) is 5.32 Å². The Labute approximate surface area is 159 Å². The van der Waals surface area contributed by atoms with Gasteiger partial charge in [0, 0.05) is 6.92 Å². The molecule has 10 nitrogen and oxygen atoms in total. The van der Waals surface area contributed by atoms with E-state index in [9.17, 15) is 18.0 Å². The second-order valence-electron chi connectivity index (χ2n) is 5.67. The minimum atomic E-state index is -4.40. The number of anilines is 1. The lowest BCUT2D eigenvalue weighted by atomic mass is 10.3. The standard InChI is InChI=1S/C17H15N5O5S/c1-11(23)18-16-15(17(24)22(21-16)13-7-3-2-4-8-13)20-19-12-6-5-9-14(10-12)28(25,26)27/h2-10,21H,1H3,(H,18,23)(H,25,26,27). The fourth-order valence-corrected chi connectivity index (χ4v) is 2.88. The van der Waals surface area contributed by atoms with Crippen molar-refractivity contribution in [2.45, 2.75) is 11.8 Å². The van der Waals surface area contributed by atoms with Crippen LogP contribution in [0.2, 0.25) is 0 Å². The van der Waals surface area contributed by atoms with Crippen LogP contribution in [0.1, 0.15) is 6.92 Å². The number of aromatic nitrogens is 2. The van der Waals surface area contributed by atoms with E-state index in [0.29, 0.717) is 5.69 Å².